The number of halogens is 3. The molecule has 2 aromatic rings. The third kappa shape index (κ3) is 2.76. The molecule has 4 heteroatoms. The Balaban J connectivity index is 2.55. The van der Waals surface area contributed by atoms with Crippen LogP contribution in [0.25, 0.3) is 0 Å². The lowest BCUT2D eigenvalue weighted by Gasteiger charge is -2.26. The van der Waals surface area contributed by atoms with Gasteiger partial charge < -0.3 is 5.11 Å². The third-order valence-electron chi connectivity index (χ3n) is 3.15. The van der Waals surface area contributed by atoms with E-state index in [1.54, 1.807) is 19.1 Å². The SMILES string of the molecule is Cc1ccc(C(C)(O)c2cc(F)c(Cl)cc2Cl)cc1. The number of rotatable bonds is 2. The second-order valence-corrected chi connectivity index (χ2v) is 5.50. The summed E-state index contributed by atoms with van der Waals surface area (Å²) in [7, 11) is 0. The van der Waals surface area contributed by atoms with Gasteiger partial charge in [0.25, 0.3) is 0 Å². The van der Waals surface area contributed by atoms with Gasteiger partial charge in [-0.25, -0.2) is 4.39 Å². The summed E-state index contributed by atoms with van der Waals surface area (Å²) in [6, 6.07) is 9.81. The Labute approximate surface area is 121 Å². The fourth-order valence-electron chi connectivity index (χ4n) is 1.93. The first-order chi connectivity index (χ1) is 8.82. The molecule has 0 heterocycles. The molecule has 0 spiro atoms. The maximum absolute atomic E-state index is 13.6. The zero-order valence-electron chi connectivity index (χ0n) is 10.5. The Morgan fingerprint density at radius 1 is 1.05 bits per heavy atom. The molecule has 0 saturated heterocycles. The first-order valence-electron chi connectivity index (χ1n) is 5.77. The van der Waals surface area contributed by atoms with Crippen molar-refractivity contribution in [1.29, 1.82) is 0 Å². The molecular formula is C15H13Cl2FO. The molecular weight excluding hydrogens is 286 g/mol. The predicted molar refractivity (Wildman–Crippen MR) is 76.3 cm³/mol. The largest absolute Gasteiger partial charge is 0.381 e. The molecule has 0 amide bonds. The number of aryl methyl sites for hydroxylation is 1. The highest BCUT2D eigenvalue weighted by Crippen LogP contribution is 2.36. The number of benzene rings is 2. The molecule has 0 aliphatic carbocycles. The Kier molecular flexibility index (Phi) is 3.86. The molecule has 2 rings (SSSR count). The highest BCUT2D eigenvalue weighted by atomic mass is 35.5. The molecule has 0 saturated carbocycles. The molecule has 1 N–H and O–H groups in total. The van der Waals surface area contributed by atoms with Crippen molar-refractivity contribution in [2.45, 2.75) is 19.4 Å². The van der Waals surface area contributed by atoms with Gasteiger partial charge in [0.15, 0.2) is 0 Å². The fourth-order valence-corrected chi connectivity index (χ4v) is 2.50. The van der Waals surface area contributed by atoms with Crippen LogP contribution in [0, 0.1) is 12.7 Å². The van der Waals surface area contributed by atoms with E-state index in [4.69, 9.17) is 23.2 Å². The van der Waals surface area contributed by atoms with Gasteiger partial charge in [-0.15, -0.1) is 0 Å². The molecule has 0 fully saturated rings. The van der Waals surface area contributed by atoms with E-state index in [1.807, 2.05) is 19.1 Å². The Bertz CT molecular complexity index is 606. The second kappa shape index (κ2) is 5.12. The van der Waals surface area contributed by atoms with Gasteiger partial charge in [-0.2, -0.15) is 0 Å². The molecule has 1 atom stereocenters. The van der Waals surface area contributed by atoms with E-state index in [9.17, 15) is 9.50 Å². The topological polar surface area (TPSA) is 20.2 Å². The average Bonchev–Trinajstić information content (AvgIpc) is 2.34. The Morgan fingerprint density at radius 3 is 2.21 bits per heavy atom. The first kappa shape index (κ1) is 14.3. The van der Waals surface area contributed by atoms with E-state index >= 15 is 0 Å². The summed E-state index contributed by atoms with van der Waals surface area (Å²) in [6.45, 7) is 3.53. The molecule has 1 nitrogen and oxygen atoms in total. The van der Waals surface area contributed by atoms with Crippen LogP contribution in [0.15, 0.2) is 36.4 Å². The summed E-state index contributed by atoms with van der Waals surface area (Å²) in [5.41, 5.74) is 0.630. The van der Waals surface area contributed by atoms with E-state index in [0.717, 1.165) is 5.56 Å². The van der Waals surface area contributed by atoms with Crippen molar-refractivity contribution in [1.82, 2.24) is 0 Å². The maximum atomic E-state index is 13.6. The molecule has 0 bridgehead atoms. The highest BCUT2D eigenvalue weighted by molar-refractivity contribution is 6.35. The third-order valence-corrected chi connectivity index (χ3v) is 3.75. The van der Waals surface area contributed by atoms with Crippen LogP contribution in [0.5, 0.6) is 0 Å². The summed E-state index contributed by atoms with van der Waals surface area (Å²) < 4.78 is 13.6. The number of aliphatic hydroxyl groups is 1. The lowest BCUT2D eigenvalue weighted by atomic mass is 9.88. The van der Waals surface area contributed by atoms with E-state index in [0.29, 0.717) is 11.1 Å². The second-order valence-electron chi connectivity index (χ2n) is 4.68. The van der Waals surface area contributed by atoms with Crippen LogP contribution in [0.3, 0.4) is 0 Å². The first-order valence-corrected chi connectivity index (χ1v) is 6.52. The Hall–Kier alpha value is -1.09. The van der Waals surface area contributed by atoms with Gasteiger partial charge in [-0.3, -0.25) is 0 Å². The van der Waals surface area contributed by atoms with Crippen LogP contribution in [-0.2, 0) is 5.60 Å². The van der Waals surface area contributed by atoms with Gasteiger partial charge in [0.05, 0.1) is 5.02 Å². The molecule has 0 radical (unpaired) electrons. The minimum absolute atomic E-state index is 0.0616. The molecule has 0 aliphatic heterocycles. The van der Waals surface area contributed by atoms with Gasteiger partial charge in [-0.1, -0.05) is 53.0 Å². The Morgan fingerprint density at radius 2 is 1.63 bits per heavy atom. The molecule has 2 aromatic carbocycles. The van der Waals surface area contributed by atoms with Crippen LogP contribution in [-0.4, -0.2) is 5.11 Å². The van der Waals surface area contributed by atoms with Crippen LogP contribution in [0.4, 0.5) is 4.39 Å². The molecule has 19 heavy (non-hydrogen) atoms. The molecule has 100 valence electrons. The van der Waals surface area contributed by atoms with Crippen LogP contribution >= 0.6 is 23.2 Å². The zero-order chi connectivity index (χ0) is 14.2. The summed E-state index contributed by atoms with van der Waals surface area (Å²) in [4.78, 5) is 0. The van der Waals surface area contributed by atoms with E-state index in [-0.39, 0.29) is 10.0 Å². The summed E-state index contributed by atoms with van der Waals surface area (Å²) in [5, 5.41) is 10.8. The minimum Gasteiger partial charge on any atom is -0.381 e. The van der Waals surface area contributed by atoms with E-state index < -0.39 is 11.4 Å². The van der Waals surface area contributed by atoms with Crippen molar-refractivity contribution in [3.05, 3.63) is 69.0 Å². The van der Waals surface area contributed by atoms with E-state index in [1.165, 1.54) is 12.1 Å². The minimum atomic E-state index is -1.38. The standard InChI is InChI=1S/C15H13Cl2FO/c1-9-3-5-10(6-4-9)15(2,19)11-7-14(18)13(17)8-12(11)16/h3-8,19H,1-2H3. The van der Waals surface area contributed by atoms with E-state index in [2.05, 4.69) is 0 Å². The van der Waals surface area contributed by atoms with Crippen molar-refractivity contribution in [2.24, 2.45) is 0 Å². The number of hydrogen-bond donors (Lipinski definition) is 1. The maximum Gasteiger partial charge on any atom is 0.142 e. The monoisotopic (exact) mass is 298 g/mol. The van der Waals surface area contributed by atoms with Gasteiger partial charge in [0.1, 0.15) is 11.4 Å². The fraction of sp³-hybridized carbons (Fsp3) is 0.200. The molecule has 1 unspecified atom stereocenters. The quantitative estimate of drug-likeness (QED) is 0.797. The normalized spacial score (nSPS) is 14.2. The molecule has 0 aliphatic rings. The van der Waals surface area contributed by atoms with Gasteiger partial charge in [0.2, 0.25) is 0 Å². The van der Waals surface area contributed by atoms with Crippen molar-refractivity contribution in [2.75, 3.05) is 0 Å². The van der Waals surface area contributed by atoms with Crippen molar-refractivity contribution in [3.63, 3.8) is 0 Å². The smallest absolute Gasteiger partial charge is 0.142 e. The number of hydrogen-bond acceptors (Lipinski definition) is 1. The van der Waals surface area contributed by atoms with Crippen molar-refractivity contribution >= 4 is 23.2 Å². The van der Waals surface area contributed by atoms with Crippen LogP contribution in [0.1, 0.15) is 23.6 Å². The average molecular weight is 299 g/mol. The van der Waals surface area contributed by atoms with Crippen LogP contribution in [0.2, 0.25) is 10.0 Å². The lowest BCUT2D eigenvalue weighted by Crippen LogP contribution is -2.23. The summed E-state index contributed by atoms with van der Waals surface area (Å²) >= 11 is 11.7. The van der Waals surface area contributed by atoms with Gasteiger partial charge in [-0.05, 0) is 31.5 Å². The van der Waals surface area contributed by atoms with Crippen LogP contribution < -0.4 is 0 Å². The van der Waals surface area contributed by atoms with Gasteiger partial charge >= 0.3 is 0 Å². The summed E-state index contributed by atoms with van der Waals surface area (Å²) in [5.74, 6) is -0.603. The van der Waals surface area contributed by atoms with Gasteiger partial charge in [0, 0.05) is 10.6 Å². The predicted octanol–water partition coefficient (Wildman–Crippen LogP) is 4.70. The zero-order valence-corrected chi connectivity index (χ0v) is 12.1. The highest BCUT2D eigenvalue weighted by Gasteiger charge is 2.29. The summed E-state index contributed by atoms with van der Waals surface area (Å²) in [6.07, 6.45) is 0. The lowest BCUT2D eigenvalue weighted by molar-refractivity contribution is 0.102. The van der Waals surface area contributed by atoms with Crippen molar-refractivity contribution < 1.29 is 9.50 Å². The molecule has 0 aromatic heterocycles. The van der Waals surface area contributed by atoms with Crippen molar-refractivity contribution in [3.8, 4) is 0 Å².